The number of hydrogen-bond acceptors (Lipinski definition) is 4. The second kappa shape index (κ2) is 7.38. The Morgan fingerprint density at radius 1 is 1.08 bits per heavy atom. The van der Waals surface area contributed by atoms with E-state index in [0.717, 1.165) is 30.6 Å². The third kappa shape index (κ3) is 3.83. The highest BCUT2D eigenvalue weighted by atomic mass is 16.7. The van der Waals surface area contributed by atoms with E-state index in [1.807, 2.05) is 36.4 Å². The number of benzene rings is 2. The molecule has 0 unspecified atom stereocenters. The lowest BCUT2D eigenvalue weighted by Crippen LogP contribution is -2.48. The first-order valence-corrected chi connectivity index (χ1v) is 9.07. The van der Waals surface area contributed by atoms with Crippen molar-refractivity contribution in [1.82, 2.24) is 5.32 Å². The van der Waals surface area contributed by atoms with E-state index >= 15 is 0 Å². The maximum atomic E-state index is 12.6. The third-order valence-corrected chi connectivity index (χ3v) is 5.17. The largest absolute Gasteiger partial charge is 0.454 e. The molecular weight excluding hydrogens is 330 g/mol. The molecule has 0 radical (unpaired) electrons. The Bertz CT molecular complexity index is 771. The van der Waals surface area contributed by atoms with Crippen molar-refractivity contribution in [3.8, 4) is 11.5 Å². The van der Waals surface area contributed by atoms with E-state index in [1.165, 1.54) is 5.56 Å². The summed E-state index contributed by atoms with van der Waals surface area (Å²) >= 11 is 0. The number of carbonyl (C=O) groups is 1. The smallest absolute Gasteiger partial charge is 0.231 e. The number of rotatable bonds is 6. The SMILES string of the molecule is O=C(Cc1ccc2c(c1)OCO2)N[C@@H](Cc1ccccc1)C1CC(O)C1. The van der Waals surface area contributed by atoms with E-state index < -0.39 is 0 Å². The third-order valence-electron chi connectivity index (χ3n) is 5.17. The molecule has 136 valence electrons. The molecule has 0 spiro atoms. The van der Waals surface area contributed by atoms with Gasteiger partial charge in [-0.15, -0.1) is 0 Å². The number of nitrogens with one attached hydrogen (secondary N) is 1. The minimum atomic E-state index is -0.232. The lowest BCUT2D eigenvalue weighted by Gasteiger charge is -2.38. The van der Waals surface area contributed by atoms with Crippen LogP contribution in [0.25, 0.3) is 0 Å². The van der Waals surface area contributed by atoms with Crippen molar-refractivity contribution in [3.05, 3.63) is 59.7 Å². The topological polar surface area (TPSA) is 67.8 Å². The van der Waals surface area contributed by atoms with Crippen LogP contribution in [0.1, 0.15) is 24.0 Å². The second-order valence-electron chi connectivity index (χ2n) is 7.11. The molecule has 1 heterocycles. The molecule has 5 nitrogen and oxygen atoms in total. The van der Waals surface area contributed by atoms with Crippen molar-refractivity contribution in [2.24, 2.45) is 5.92 Å². The van der Waals surface area contributed by atoms with Crippen LogP contribution < -0.4 is 14.8 Å². The molecule has 1 aliphatic carbocycles. The molecule has 0 saturated heterocycles. The maximum Gasteiger partial charge on any atom is 0.231 e. The van der Waals surface area contributed by atoms with E-state index in [9.17, 15) is 9.90 Å². The van der Waals surface area contributed by atoms with Gasteiger partial charge in [-0.1, -0.05) is 36.4 Å². The number of fused-ring (bicyclic) bond motifs is 1. The summed E-state index contributed by atoms with van der Waals surface area (Å²) in [5.41, 5.74) is 2.10. The Kier molecular flexibility index (Phi) is 4.80. The summed E-state index contributed by atoms with van der Waals surface area (Å²) in [6.45, 7) is 0.230. The molecule has 2 N–H and O–H groups in total. The highest BCUT2D eigenvalue weighted by Crippen LogP contribution is 2.33. The zero-order valence-corrected chi connectivity index (χ0v) is 14.6. The highest BCUT2D eigenvalue weighted by molar-refractivity contribution is 5.79. The van der Waals surface area contributed by atoms with Gasteiger partial charge in [-0.3, -0.25) is 4.79 Å². The van der Waals surface area contributed by atoms with E-state index in [-0.39, 0.29) is 24.8 Å². The van der Waals surface area contributed by atoms with Gasteiger partial charge in [-0.05, 0) is 48.4 Å². The van der Waals surface area contributed by atoms with Gasteiger partial charge < -0.3 is 19.9 Å². The Morgan fingerprint density at radius 3 is 2.62 bits per heavy atom. The summed E-state index contributed by atoms with van der Waals surface area (Å²) in [5.74, 6) is 1.73. The summed E-state index contributed by atoms with van der Waals surface area (Å²) in [6, 6.07) is 15.8. The van der Waals surface area contributed by atoms with Crippen LogP contribution in [0.5, 0.6) is 11.5 Å². The Balaban J connectivity index is 1.40. The van der Waals surface area contributed by atoms with Crippen LogP contribution in [0.3, 0.4) is 0 Å². The number of aliphatic hydroxyl groups excluding tert-OH is 1. The minimum Gasteiger partial charge on any atom is -0.454 e. The van der Waals surface area contributed by atoms with Crippen LogP contribution in [-0.2, 0) is 17.6 Å². The second-order valence-corrected chi connectivity index (χ2v) is 7.11. The molecule has 1 amide bonds. The van der Waals surface area contributed by atoms with Crippen molar-refractivity contribution >= 4 is 5.91 Å². The molecule has 0 aromatic heterocycles. The molecule has 1 saturated carbocycles. The first-order valence-electron chi connectivity index (χ1n) is 9.07. The number of amides is 1. The minimum absolute atomic E-state index is 0.00816. The molecule has 1 aliphatic heterocycles. The van der Waals surface area contributed by atoms with Gasteiger partial charge in [0.25, 0.3) is 0 Å². The van der Waals surface area contributed by atoms with Crippen LogP contribution in [-0.4, -0.2) is 30.0 Å². The number of hydrogen-bond donors (Lipinski definition) is 2. The number of carbonyl (C=O) groups excluding carboxylic acids is 1. The van der Waals surface area contributed by atoms with Crippen LogP contribution in [0, 0.1) is 5.92 Å². The molecule has 5 heteroatoms. The molecule has 2 aromatic carbocycles. The quantitative estimate of drug-likeness (QED) is 0.837. The standard InChI is InChI=1S/C21H23NO4/c23-17-11-16(12-17)18(8-14-4-2-1-3-5-14)22-21(24)10-15-6-7-19-20(9-15)26-13-25-19/h1-7,9,16-18,23H,8,10-13H2,(H,22,24)/t16?,17?,18-/m0/s1. The summed E-state index contributed by atoms with van der Waals surface area (Å²) in [6.07, 6.45) is 2.36. The van der Waals surface area contributed by atoms with E-state index in [4.69, 9.17) is 9.47 Å². The molecule has 2 aliphatic rings. The predicted molar refractivity (Wildman–Crippen MR) is 97.1 cm³/mol. The van der Waals surface area contributed by atoms with Gasteiger partial charge in [0.15, 0.2) is 11.5 Å². The highest BCUT2D eigenvalue weighted by Gasteiger charge is 2.34. The van der Waals surface area contributed by atoms with Crippen LogP contribution in [0.15, 0.2) is 48.5 Å². The van der Waals surface area contributed by atoms with Gasteiger partial charge in [-0.25, -0.2) is 0 Å². The Labute approximate surface area is 152 Å². The molecule has 26 heavy (non-hydrogen) atoms. The summed E-state index contributed by atoms with van der Waals surface area (Å²) < 4.78 is 10.7. The fourth-order valence-electron chi connectivity index (χ4n) is 3.66. The molecule has 1 atom stereocenters. The average Bonchev–Trinajstić information content (AvgIpc) is 3.07. The molecule has 1 fully saturated rings. The summed E-state index contributed by atoms with van der Waals surface area (Å²) in [7, 11) is 0. The molecule has 2 aromatic rings. The van der Waals surface area contributed by atoms with Gasteiger partial charge in [-0.2, -0.15) is 0 Å². The van der Waals surface area contributed by atoms with Crippen molar-refractivity contribution in [1.29, 1.82) is 0 Å². The monoisotopic (exact) mass is 353 g/mol. The van der Waals surface area contributed by atoms with Gasteiger partial charge in [0.05, 0.1) is 12.5 Å². The zero-order chi connectivity index (χ0) is 17.9. The normalized spacial score (nSPS) is 21.7. The first-order chi connectivity index (χ1) is 12.7. The van der Waals surface area contributed by atoms with Crippen molar-refractivity contribution in [2.45, 2.75) is 37.8 Å². The van der Waals surface area contributed by atoms with Gasteiger partial charge in [0.1, 0.15) is 0 Å². The van der Waals surface area contributed by atoms with Crippen LogP contribution in [0.2, 0.25) is 0 Å². The maximum absolute atomic E-state index is 12.6. The zero-order valence-electron chi connectivity index (χ0n) is 14.6. The van der Waals surface area contributed by atoms with Gasteiger partial charge >= 0.3 is 0 Å². The molecule has 0 bridgehead atoms. The van der Waals surface area contributed by atoms with Crippen molar-refractivity contribution in [2.75, 3.05) is 6.79 Å². The number of ether oxygens (including phenoxy) is 2. The lowest BCUT2D eigenvalue weighted by atomic mass is 9.75. The van der Waals surface area contributed by atoms with Crippen molar-refractivity contribution in [3.63, 3.8) is 0 Å². The van der Waals surface area contributed by atoms with E-state index in [2.05, 4.69) is 17.4 Å². The fraction of sp³-hybridized carbons (Fsp3) is 0.381. The first kappa shape index (κ1) is 16.9. The lowest BCUT2D eigenvalue weighted by molar-refractivity contribution is -0.122. The fourth-order valence-corrected chi connectivity index (χ4v) is 3.66. The average molecular weight is 353 g/mol. The van der Waals surface area contributed by atoms with Crippen LogP contribution in [0.4, 0.5) is 0 Å². The van der Waals surface area contributed by atoms with Gasteiger partial charge in [0, 0.05) is 6.04 Å². The van der Waals surface area contributed by atoms with Crippen molar-refractivity contribution < 1.29 is 19.4 Å². The van der Waals surface area contributed by atoms with E-state index in [0.29, 0.717) is 18.1 Å². The van der Waals surface area contributed by atoms with Crippen LogP contribution >= 0.6 is 0 Å². The predicted octanol–water partition coefficient (Wildman–Crippen LogP) is 2.46. The summed E-state index contributed by atoms with van der Waals surface area (Å²) in [5, 5.41) is 12.8. The molecule has 4 rings (SSSR count). The Hall–Kier alpha value is -2.53. The van der Waals surface area contributed by atoms with Gasteiger partial charge in [0.2, 0.25) is 12.7 Å². The Morgan fingerprint density at radius 2 is 1.85 bits per heavy atom. The summed E-state index contributed by atoms with van der Waals surface area (Å²) in [4.78, 5) is 12.6. The number of aliphatic hydroxyl groups is 1. The van der Waals surface area contributed by atoms with E-state index in [1.54, 1.807) is 0 Å². The molecular formula is C21H23NO4.